The van der Waals surface area contributed by atoms with Crippen molar-refractivity contribution in [2.45, 2.75) is 68.9 Å². The summed E-state index contributed by atoms with van der Waals surface area (Å²) >= 11 is 0. The van der Waals surface area contributed by atoms with Gasteiger partial charge in [0.15, 0.2) is 0 Å². The lowest BCUT2D eigenvalue weighted by atomic mass is 9.79. The van der Waals surface area contributed by atoms with Gasteiger partial charge < -0.3 is 25.6 Å². The number of piperidine rings is 1. The van der Waals surface area contributed by atoms with Crippen molar-refractivity contribution in [1.29, 1.82) is 0 Å². The van der Waals surface area contributed by atoms with Gasteiger partial charge in [-0.25, -0.2) is 9.78 Å². The molecule has 2 aliphatic heterocycles. The lowest BCUT2D eigenvalue weighted by Gasteiger charge is -2.37. The molecule has 1 amide bonds. The van der Waals surface area contributed by atoms with E-state index in [1.807, 2.05) is 0 Å². The van der Waals surface area contributed by atoms with Gasteiger partial charge in [-0.1, -0.05) is 0 Å². The zero-order chi connectivity index (χ0) is 21.3. The van der Waals surface area contributed by atoms with E-state index >= 15 is 0 Å². The molecule has 0 aromatic heterocycles. The topological polar surface area (TPSA) is 113 Å². The minimum Gasteiger partial charge on any atom is -0.389 e. The van der Waals surface area contributed by atoms with E-state index in [-0.39, 0.29) is 25.4 Å². The van der Waals surface area contributed by atoms with Gasteiger partial charge in [-0.15, -0.1) is 0 Å². The molecule has 2 heterocycles. The lowest BCUT2D eigenvalue weighted by Crippen LogP contribution is -2.57. The minimum atomic E-state index is -4.39. The Morgan fingerprint density at radius 1 is 1.36 bits per heavy atom. The molecule has 2 saturated heterocycles. The third-order valence-corrected chi connectivity index (χ3v) is 5.43. The first-order chi connectivity index (χ1) is 12.9. The number of carbonyl (C=O) groups excluding carboxylic acids is 1. The molecule has 164 valence electrons. The Balaban J connectivity index is 2.14. The molecule has 4 N–H and O–H groups in total. The van der Waals surface area contributed by atoms with Crippen molar-refractivity contribution in [1.82, 2.24) is 10.6 Å². The number of epoxide rings is 1. The van der Waals surface area contributed by atoms with Crippen LogP contribution in [0.5, 0.6) is 0 Å². The van der Waals surface area contributed by atoms with Crippen LogP contribution < -0.4 is 10.6 Å². The molecule has 28 heavy (non-hydrogen) atoms. The van der Waals surface area contributed by atoms with Crippen LogP contribution in [-0.2, 0) is 19.3 Å². The quantitative estimate of drug-likeness (QED) is 0.254. The zero-order valence-electron chi connectivity index (χ0n) is 16.3. The SMILES string of the molecule is CNC(=O)C(C1OC1C1CCC(C(F)(F)F)NC1COOC)C(O)C(C)(C)O. The van der Waals surface area contributed by atoms with Crippen LogP contribution in [0.15, 0.2) is 0 Å². The van der Waals surface area contributed by atoms with Gasteiger partial charge in [0.25, 0.3) is 0 Å². The Hall–Kier alpha value is -0.980. The molecule has 7 unspecified atom stereocenters. The lowest BCUT2D eigenvalue weighted by molar-refractivity contribution is -0.281. The minimum absolute atomic E-state index is 0.126. The Labute approximate surface area is 161 Å². The average molecular weight is 414 g/mol. The summed E-state index contributed by atoms with van der Waals surface area (Å²) in [5.74, 6) is -1.94. The number of hydrogen-bond donors (Lipinski definition) is 4. The highest BCUT2D eigenvalue weighted by atomic mass is 19.4. The normalized spacial score (nSPS) is 33.2. The van der Waals surface area contributed by atoms with Gasteiger partial charge in [0.05, 0.1) is 43.5 Å². The first-order valence-electron chi connectivity index (χ1n) is 9.17. The van der Waals surface area contributed by atoms with Crippen molar-refractivity contribution in [2.75, 3.05) is 20.8 Å². The molecule has 0 aromatic carbocycles. The maximum atomic E-state index is 13.1. The predicted octanol–water partition coefficient (Wildman–Crippen LogP) is 0.125. The maximum Gasteiger partial charge on any atom is 0.403 e. The highest BCUT2D eigenvalue weighted by Crippen LogP contribution is 2.44. The molecule has 0 aliphatic carbocycles. The summed E-state index contributed by atoms with van der Waals surface area (Å²) in [7, 11) is 2.66. The van der Waals surface area contributed by atoms with Crippen LogP contribution in [0.2, 0.25) is 0 Å². The van der Waals surface area contributed by atoms with Crippen LogP contribution in [0, 0.1) is 11.8 Å². The van der Waals surface area contributed by atoms with Crippen LogP contribution >= 0.6 is 0 Å². The third kappa shape index (κ3) is 5.33. The summed E-state index contributed by atoms with van der Waals surface area (Å²) in [6.07, 6.45) is -7.00. The van der Waals surface area contributed by atoms with Crippen molar-refractivity contribution in [3.63, 3.8) is 0 Å². The fourth-order valence-corrected chi connectivity index (χ4v) is 3.84. The number of ether oxygens (including phenoxy) is 1. The van der Waals surface area contributed by atoms with Gasteiger partial charge in [-0.2, -0.15) is 13.2 Å². The second-order valence-electron chi connectivity index (χ2n) is 7.86. The summed E-state index contributed by atoms with van der Waals surface area (Å²) in [4.78, 5) is 21.7. The number of carbonyl (C=O) groups is 1. The molecule has 8 nitrogen and oxygen atoms in total. The van der Waals surface area contributed by atoms with Crippen LogP contribution in [-0.4, -0.2) is 79.1 Å². The first-order valence-corrected chi connectivity index (χ1v) is 9.17. The van der Waals surface area contributed by atoms with Crippen molar-refractivity contribution in [3.05, 3.63) is 0 Å². The molecule has 2 aliphatic rings. The van der Waals surface area contributed by atoms with Gasteiger partial charge >= 0.3 is 6.18 Å². The number of nitrogens with one attached hydrogen (secondary N) is 2. The van der Waals surface area contributed by atoms with E-state index < -0.39 is 54.0 Å². The molecule has 0 saturated carbocycles. The summed E-state index contributed by atoms with van der Waals surface area (Å²) in [5.41, 5.74) is -1.56. The summed E-state index contributed by atoms with van der Waals surface area (Å²) in [5, 5.41) is 25.5. The fraction of sp³-hybridized carbons (Fsp3) is 0.941. The van der Waals surface area contributed by atoms with E-state index in [0.29, 0.717) is 0 Å². The number of halogens is 3. The van der Waals surface area contributed by atoms with Gasteiger partial charge in [-0.05, 0) is 26.7 Å². The highest BCUT2D eigenvalue weighted by molar-refractivity contribution is 5.80. The first kappa shape index (κ1) is 23.3. The van der Waals surface area contributed by atoms with Crippen molar-refractivity contribution in [3.8, 4) is 0 Å². The molecule has 11 heteroatoms. The summed E-state index contributed by atoms with van der Waals surface area (Å²) in [6.45, 7) is 2.62. The number of aliphatic hydroxyl groups is 2. The Morgan fingerprint density at radius 2 is 2.00 bits per heavy atom. The van der Waals surface area contributed by atoms with E-state index in [2.05, 4.69) is 15.5 Å². The highest BCUT2D eigenvalue weighted by Gasteiger charge is 2.59. The van der Waals surface area contributed by atoms with Crippen molar-refractivity contribution in [2.24, 2.45) is 11.8 Å². The van der Waals surface area contributed by atoms with Crippen molar-refractivity contribution >= 4 is 5.91 Å². The molecular formula is C17H29F3N2O6. The largest absolute Gasteiger partial charge is 0.403 e. The van der Waals surface area contributed by atoms with Crippen LogP contribution in [0.4, 0.5) is 13.2 Å². The number of amides is 1. The van der Waals surface area contributed by atoms with Gasteiger partial charge in [-0.3, -0.25) is 4.79 Å². The second kappa shape index (κ2) is 8.80. The molecule has 0 radical (unpaired) electrons. The van der Waals surface area contributed by atoms with E-state index in [4.69, 9.17) is 9.62 Å². The molecule has 0 bridgehead atoms. The third-order valence-electron chi connectivity index (χ3n) is 5.43. The van der Waals surface area contributed by atoms with E-state index in [1.165, 1.54) is 28.0 Å². The Kier molecular flexibility index (Phi) is 7.32. The van der Waals surface area contributed by atoms with Gasteiger partial charge in [0.2, 0.25) is 5.91 Å². The molecule has 0 spiro atoms. The number of rotatable bonds is 8. The van der Waals surface area contributed by atoms with Crippen molar-refractivity contribution < 1.29 is 42.7 Å². The second-order valence-corrected chi connectivity index (χ2v) is 7.86. The number of alkyl halides is 3. The van der Waals surface area contributed by atoms with Gasteiger partial charge in [0.1, 0.15) is 6.04 Å². The van der Waals surface area contributed by atoms with Crippen LogP contribution in [0.3, 0.4) is 0 Å². The number of aliphatic hydroxyl groups excluding tert-OH is 1. The molecular weight excluding hydrogens is 385 g/mol. The zero-order valence-corrected chi connectivity index (χ0v) is 16.3. The Bertz CT molecular complexity index is 542. The standard InChI is InChI=1S/C17H29F3N2O6/c1-16(2,25)14(23)11(15(24)21-3)13-12(28-13)8-5-6-10(17(18,19)20)22-9(8)7-27-26-4/h8-14,22-23,25H,5-7H2,1-4H3,(H,21,24). The van der Waals surface area contributed by atoms with Crippen LogP contribution in [0.25, 0.3) is 0 Å². The smallest absolute Gasteiger partial charge is 0.389 e. The molecule has 0 aromatic rings. The van der Waals surface area contributed by atoms with Crippen LogP contribution in [0.1, 0.15) is 26.7 Å². The fourth-order valence-electron chi connectivity index (χ4n) is 3.84. The summed E-state index contributed by atoms with van der Waals surface area (Å²) in [6, 6.07) is -2.37. The molecule has 2 fully saturated rings. The van der Waals surface area contributed by atoms with E-state index in [9.17, 15) is 28.2 Å². The predicted molar refractivity (Wildman–Crippen MR) is 91.0 cm³/mol. The monoisotopic (exact) mass is 414 g/mol. The maximum absolute atomic E-state index is 13.1. The molecule has 2 rings (SSSR count). The van der Waals surface area contributed by atoms with E-state index in [1.54, 1.807) is 0 Å². The van der Waals surface area contributed by atoms with E-state index in [0.717, 1.165) is 0 Å². The number of hydrogen-bond acceptors (Lipinski definition) is 7. The average Bonchev–Trinajstić information content (AvgIpc) is 3.38. The summed E-state index contributed by atoms with van der Waals surface area (Å²) < 4.78 is 44.9. The van der Waals surface area contributed by atoms with Gasteiger partial charge in [0, 0.05) is 19.0 Å². The Morgan fingerprint density at radius 3 is 2.50 bits per heavy atom. The molecule has 7 atom stereocenters.